The third-order valence-electron chi connectivity index (χ3n) is 3.99. The lowest BCUT2D eigenvalue weighted by Gasteiger charge is -2.09. The number of aromatic nitrogens is 2. The van der Waals surface area contributed by atoms with Crippen molar-refractivity contribution in [3.63, 3.8) is 0 Å². The average Bonchev–Trinajstić information content (AvgIpc) is 2.72. The SMILES string of the molecule is NCc1ncc(-c2cccc(CNC(=O)c3ccccc3)c2)nc1C(N)=O. The zero-order valence-corrected chi connectivity index (χ0v) is 14.6. The molecule has 3 aromatic rings. The third kappa shape index (κ3) is 4.34. The van der Waals surface area contributed by atoms with Gasteiger partial charge in [-0.3, -0.25) is 14.6 Å². The number of rotatable bonds is 6. The van der Waals surface area contributed by atoms with Crippen molar-refractivity contribution in [3.05, 3.63) is 83.3 Å². The fourth-order valence-electron chi connectivity index (χ4n) is 2.61. The summed E-state index contributed by atoms with van der Waals surface area (Å²) in [6.07, 6.45) is 1.55. The molecule has 7 heteroatoms. The third-order valence-corrected chi connectivity index (χ3v) is 3.99. The number of hydrogen-bond acceptors (Lipinski definition) is 5. The predicted molar refractivity (Wildman–Crippen MR) is 101 cm³/mol. The number of benzene rings is 2. The lowest BCUT2D eigenvalue weighted by atomic mass is 10.1. The van der Waals surface area contributed by atoms with E-state index in [2.05, 4.69) is 15.3 Å². The van der Waals surface area contributed by atoms with Crippen LogP contribution in [0.15, 0.2) is 60.8 Å². The molecule has 1 aromatic heterocycles. The second kappa shape index (κ2) is 8.20. The highest BCUT2D eigenvalue weighted by Gasteiger charge is 2.13. The second-order valence-corrected chi connectivity index (χ2v) is 5.87. The number of amides is 2. The maximum absolute atomic E-state index is 12.2. The van der Waals surface area contributed by atoms with Gasteiger partial charge in [0, 0.05) is 24.2 Å². The van der Waals surface area contributed by atoms with E-state index in [0.29, 0.717) is 23.5 Å². The summed E-state index contributed by atoms with van der Waals surface area (Å²) in [4.78, 5) is 32.2. The highest BCUT2D eigenvalue weighted by molar-refractivity contribution is 5.94. The molecule has 0 bridgehead atoms. The minimum atomic E-state index is -0.670. The van der Waals surface area contributed by atoms with Crippen LogP contribution >= 0.6 is 0 Å². The van der Waals surface area contributed by atoms with Gasteiger partial charge in [0.25, 0.3) is 11.8 Å². The number of carbonyl (C=O) groups excluding carboxylic acids is 2. The Labute approximate surface area is 156 Å². The molecule has 2 aromatic carbocycles. The maximum Gasteiger partial charge on any atom is 0.269 e. The molecule has 0 saturated heterocycles. The summed E-state index contributed by atoms with van der Waals surface area (Å²) in [6, 6.07) is 16.5. The van der Waals surface area contributed by atoms with Crippen molar-refractivity contribution in [1.29, 1.82) is 0 Å². The van der Waals surface area contributed by atoms with E-state index in [1.54, 1.807) is 18.3 Å². The number of carbonyl (C=O) groups is 2. The molecule has 0 saturated carbocycles. The summed E-state index contributed by atoms with van der Waals surface area (Å²) in [6.45, 7) is 0.440. The highest BCUT2D eigenvalue weighted by atomic mass is 16.2. The first-order valence-corrected chi connectivity index (χ1v) is 8.37. The molecule has 5 N–H and O–H groups in total. The first-order chi connectivity index (χ1) is 13.1. The second-order valence-electron chi connectivity index (χ2n) is 5.87. The molecule has 0 aliphatic heterocycles. The summed E-state index contributed by atoms with van der Waals surface area (Å²) in [5.74, 6) is -0.819. The van der Waals surface area contributed by atoms with Crippen LogP contribution in [0, 0.1) is 0 Å². The van der Waals surface area contributed by atoms with Crippen LogP contribution in [0.4, 0.5) is 0 Å². The summed E-state index contributed by atoms with van der Waals surface area (Å²) in [5.41, 5.74) is 14.1. The maximum atomic E-state index is 12.2. The molecule has 7 nitrogen and oxygen atoms in total. The van der Waals surface area contributed by atoms with Gasteiger partial charge in [-0.15, -0.1) is 0 Å². The lowest BCUT2D eigenvalue weighted by Crippen LogP contribution is -2.22. The van der Waals surface area contributed by atoms with Gasteiger partial charge < -0.3 is 16.8 Å². The Kier molecular flexibility index (Phi) is 5.53. The Morgan fingerprint density at radius 2 is 1.81 bits per heavy atom. The minimum absolute atomic E-state index is 0.0674. The van der Waals surface area contributed by atoms with Crippen molar-refractivity contribution in [1.82, 2.24) is 15.3 Å². The first-order valence-electron chi connectivity index (χ1n) is 8.37. The fraction of sp³-hybridized carbons (Fsp3) is 0.100. The molecule has 0 atom stereocenters. The van der Waals surface area contributed by atoms with Gasteiger partial charge in [0.05, 0.1) is 17.6 Å². The highest BCUT2D eigenvalue weighted by Crippen LogP contribution is 2.19. The normalized spacial score (nSPS) is 10.4. The van der Waals surface area contributed by atoms with E-state index < -0.39 is 5.91 Å². The van der Waals surface area contributed by atoms with E-state index in [-0.39, 0.29) is 18.1 Å². The molecule has 3 rings (SSSR count). The Balaban J connectivity index is 1.79. The number of primary amides is 1. The van der Waals surface area contributed by atoms with Crippen LogP contribution in [0.25, 0.3) is 11.3 Å². The minimum Gasteiger partial charge on any atom is -0.364 e. The first kappa shape index (κ1) is 18.2. The van der Waals surface area contributed by atoms with Crippen LogP contribution in [0.3, 0.4) is 0 Å². The van der Waals surface area contributed by atoms with Crippen LogP contribution in [0.1, 0.15) is 32.1 Å². The van der Waals surface area contributed by atoms with Gasteiger partial charge in [-0.25, -0.2) is 4.98 Å². The molecular weight excluding hydrogens is 342 g/mol. The van der Waals surface area contributed by atoms with Crippen molar-refractivity contribution in [3.8, 4) is 11.3 Å². The van der Waals surface area contributed by atoms with Gasteiger partial charge in [0.1, 0.15) is 0 Å². The molecule has 0 aliphatic carbocycles. The summed E-state index contributed by atoms with van der Waals surface area (Å²) >= 11 is 0. The molecule has 2 amide bonds. The standard InChI is InChI=1S/C20H19N5O2/c21-10-16-18(19(22)26)25-17(12-23-16)15-8-4-5-13(9-15)11-24-20(27)14-6-2-1-3-7-14/h1-9,12H,10-11,21H2,(H2,22,26)(H,24,27). The van der Waals surface area contributed by atoms with Gasteiger partial charge in [-0.1, -0.05) is 36.4 Å². The summed E-state index contributed by atoms with van der Waals surface area (Å²) in [5, 5.41) is 2.88. The van der Waals surface area contributed by atoms with Crippen LogP contribution < -0.4 is 16.8 Å². The van der Waals surface area contributed by atoms with Crippen molar-refractivity contribution < 1.29 is 9.59 Å². The number of nitrogens with one attached hydrogen (secondary N) is 1. The van der Waals surface area contributed by atoms with Crippen molar-refractivity contribution in [2.45, 2.75) is 13.1 Å². The molecule has 136 valence electrons. The van der Waals surface area contributed by atoms with E-state index >= 15 is 0 Å². The van der Waals surface area contributed by atoms with E-state index in [1.165, 1.54) is 0 Å². The lowest BCUT2D eigenvalue weighted by molar-refractivity contribution is 0.0949. The fourth-order valence-corrected chi connectivity index (χ4v) is 2.61. The summed E-state index contributed by atoms with van der Waals surface area (Å²) < 4.78 is 0. The van der Waals surface area contributed by atoms with Crippen LogP contribution in [0.5, 0.6) is 0 Å². The van der Waals surface area contributed by atoms with Crippen LogP contribution in [0.2, 0.25) is 0 Å². The van der Waals surface area contributed by atoms with Crippen molar-refractivity contribution in [2.24, 2.45) is 11.5 Å². The zero-order valence-electron chi connectivity index (χ0n) is 14.6. The van der Waals surface area contributed by atoms with Crippen LogP contribution in [-0.2, 0) is 13.1 Å². The van der Waals surface area contributed by atoms with E-state index in [9.17, 15) is 9.59 Å². The summed E-state index contributed by atoms with van der Waals surface area (Å²) in [7, 11) is 0. The van der Waals surface area contributed by atoms with E-state index in [0.717, 1.165) is 11.1 Å². The molecule has 0 spiro atoms. The Morgan fingerprint density at radius 1 is 1.04 bits per heavy atom. The molecule has 0 unspecified atom stereocenters. The van der Waals surface area contributed by atoms with E-state index in [4.69, 9.17) is 11.5 Å². The number of hydrogen-bond donors (Lipinski definition) is 3. The molecular formula is C20H19N5O2. The van der Waals surface area contributed by atoms with Crippen molar-refractivity contribution in [2.75, 3.05) is 0 Å². The topological polar surface area (TPSA) is 124 Å². The van der Waals surface area contributed by atoms with Gasteiger partial charge >= 0.3 is 0 Å². The van der Waals surface area contributed by atoms with Crippen LogP contribution in [-0.4, -0.2) is 21.8 Å². The zero-order chi connectivity index (χ0) is 19.2. The quantitative estimate of drug-likeness (QED) is 0.615. The Morgan fingerprint density at radius 3 is 2.52 bits per heavy atom. The largest absolute Gasteiger partial charge is 0.364 e. The van der Waals surface area contributed by atoms with E-state index in [1.807, 2.05) is 42.5 Å². The van der Waals surface area contributed by atoms with Gasteiger partial charge in [-0.05, 0) is 23.8 Å². The molecule has 0 aliphatic rings. The van der Waals surface area contributed by atoms with Crippen molar-refractivity contribution >= 4 is 11.8 Å². The smallest absolute Gasteiger partial charge is 0.269 e. The number of nitrogens with two attached hydrogens (primary N) is 2. The Hall–Kier alpha value is -3.58. The molecule has 0 radical (unpaired) electrons. The molecule has 27 heavy (non-hydrogen) atoms. The monoisotopic (exact) mass is 361 g/mol. The van der Waals surface area contributed by atoms with Gasteiger partial charge in [0.2, 0.25) is 0 Å². The number of nitrogens with zero attached hydrogens (tertiary/aromatic N) is 2. The van der Waals surface area contributed by atoms with Gasteiger partial charge in [-0.2, -0.15) is 0 Å². The molecule has 1 heterocycles. The molecule has 0 fully saturated rings. The predicted octanol–water partition coefficient (Wildman–Crippen LogP) is 1.63. The van der Waals surface area contributed by atoms with Gasteiger partial charge in [0.15, 0.2) is 5.69 Å². The average molecular weight is 361 g/mol. The Bertz CT molecular complexity index is 973.